The number of halogens is 1. The van der Waals surface area contributed by atoms with Gasteiger partial charge in [-0.1, -0.05) is 28.1 Å². The van der Waals surface area contributed by atoms with Crippen molar-refractivity contribution in [1.29, 1.82) is 0 Å². The van der Waals surface area contributed by atoms with E-state index < -0.39 is 0 Å². The Hall–Kier alpha value is -1.62. The molecule has 0 saturated carbocycles. The van der Waals surface area contributed by atoms with Crippen LogP contribution in [-0.4, -0.2) is 16.1 Å². The Morgan fingerprint density at radius 3 is 3.00 bits per heavy atom. The number of aromatic nitrogens is 2. The van der Waals surface area contributed by atoms with Crippen LogP contribution in [0.25, 0.3) is 0 Å². The molecule has 2 aromatic rings. The fraction of sp³-hybridized carbons (Fsp3) is 0.167. The van der Waals surface area contributed by atoms with E-state index in [4.69, 9.17) is 0 Å². The molecule has 2 rings (SSSR count). The van der Waals surface area contributed by atoms with Crippen LogP contribution < -0.4 is 5.32 Å². The standard InChI is InChI=1S/C12H12BrN3O/c13-11-3-1-2-9(4-11)5-12(17)14-6-10-7-15-16-8-10/h1-4,7-8H,5-6H2,(H,14,17)(H,15,16). The van der Waals surface area contributed by atoms with Gasteiger partial charge < -0.3 is 5.32 Å². The molecule has 17 heavy (non-hydrogen) atoms. The van der Waals surface area contributed by atoms with Gasteiger partial charge in [-0.15, -0.1) is 0 Å². The van der Waals surface area contributed by atoms with E-state index in [1.54, 1.807) is 12.4 Å². The largest absolute Gasteiger partial charge is 0.352 e. The van der Waals surface area contributed by atoms with Crippen molar-refractivity contribution in [3.05, 3.63) is 52.3 Å². The fourth-order valence-electron chi connectivity index (χ4n) is 1.47. The number of aromatic amines is 1. The molecule has 0 spiro atoms. The van der Waals surface area contributed by atoms with E-state index >= 15 is 0 Å². The minimum atomic E-state index is 0.00398. The molecule has 1 amide bonds. The number of carbonyl (C=O) groups excluding carboxylic acids is 1. The Labute approximate surface area is 108 Å². The van der Waals surface area contributed by atoms with Crippen LogP contribution in [0.15, 0.2) is 41.1 Å². The summed E-state index contributed by atoms with van der Waals surface area (Å²) in [7, 11) is 0. The second kappa shape index (κ2) is 5.63. The first-order valence-electron chi connectivity index (χ1n) is 5.23. The van der Waals surface area contributed by atoms with Crippen molar-refractivity contribution in [3.63, 3.8) is 0 Å². The third kappa shape index (κ3) is 3.71. The van der Waals surface area contributed by atoms with Gasteiger partial charge in [0.2, 0.25) is 5.91 Å². The highest BCUT2D eigenvalue weighted by Gasteiger charge is 2.03. The van der Waals surface area contributed by atoms with Crippen molar-refractivity contribution < 1.29 is 4.79 Å². The third-order valence-corrected chi connectivity index (χ3v) is 2.79. The average molecular weight is 294 g/mol. The molecule has 0 radical (unpaired) electrons. The van der Waals surface area contributed by atoms with E-state index in [9.17, 15) is 4.79 Å². The molecule has 1 aromatic carbocycles. The molecule has 0 bridgehead atoms. The number of H-pyrrole nitrogens is 1. The van der Waals surface area contributed by atoms with Gasteiger partial charge in [-0.3, -0.25) is 9.89 Å². The van der Waals surface area contributed by atoms with E-state index in [1.165, 1.54) is 0 Å². The molecule has 0 aliphatic heterocycles. The second-order valence-electron chi connectivity index (χ2n) is 3.69. The minimum absolute atomic E-state index is 0.00398. The molecule has 0 aliphatic rings. The van der Waals surface area contributed by atoms with Gasteiger partial charge in [-0.05, 0) is 17.7 Å². The number of carbonyl (C=O) groups is 1. The van der Waals surface area contributed by atoms with Crippen LogP contribution in [0.3, 0.4) is 0 Å². The van der Waals surface area contributed by atoms with Crippen molar-refractivity contribution in [1.82, 2.24) is 15.5 Å². The highest BCUT2D eigenvalue weighted by Crippen LogP contribution is 2.11. The highest BCUT2D eigenvalue weighted by molar-refractivity contribution is 9.10. The zero-order chi connectivity index (χ0) is 12.1. The molecule has 88 valence electrons. The quantitative estimate of drug-likeness (QED) is 0.906. The molecule has 0 atom stereocenters. The van der Waals surface area contributed by atoms with Crippen LogP contribution in [0, 0.1) is 0 Å². The summed E-state index contributed by atoms with van der Waals surface area (Å²) < 4.78 is 0.984. The predicted octanol–water partition coefficient (Wildman–Crippen LogP) is 2.03. The lowest BCUT2D eigenvalue weighted by Gasteiger charge is -2.04. The summed E-state index contributed by atoms with van der Waals surface area (Å²) in [5.74, 6) is 0.00398. The lowest BCUT2D eigenvalue weighted by atomic mass is 10.1. The molecular formula is C12H12BrN3O. The van der Waals surface area contributed by atoms with Crippen molar-refractivity contribution in [2.45, 2.75) is 13.0 Å². The van der Waals surface area contributed by atoms with Crippen molar-refractivity contribution in [2.24, 2.45) is 0 Å². The zero-order valence-corrected chi connectivity index (χ0v) is 10.7. The maximum Gasteiger partial charge on any atom is 0.224 e. The van der Waals surface area contributed by atoms with Crippen LogP contribution >= 0.6 is 15.9 Å². The molecule has 1 heterocycles. The minimum Gasteiger partial charge on any atom is -0.352 e. The number of nitrogens with zero attached hydrogens (tertiary/aromatic N) is 1. The van der Waals surface area contributed by atoms with E-state index in [-0.39, 0.29) is 5.91 Å². The summed E-state index contributed by atoms with van der Waals surface area (Å²) in [6.07, 6.45) is 3.84. The first-order valence-corrected chi connectivity index (χ1v) is 6.02. The summed E-state index contributed by atoms with van der Waals surface area (Å²) >= 11 is 3.38. The molecule has 0 fully saturated rings. The Morgan fingerprint density at radius 1 is 1.41 bits per heavy atom. The lowest BCUT2D eigenvalue weighted by molar-refractivity contribution is -0.120. The smallest absolute Gasteiger partial charge is 0.224 e. The van der Waals surface area contributed by atoms with Crippen LogP contribution in [0.2, 0.25) is 0 Å². The summed E-state index contributed by atoms with van der Waals surface area (Å²) in [6, 6.07) is 7.73. The first-order chi connectivity index (χ1) is 8.24. The van der Waals surface area contributed by atoms with Crippen LogP contribution in [-0.2, 0) is 17.8 Å². The Bertz CT molecular complexity index is 496. The van der Waals surface area contributed by atoms with Crippen LogP contribution in [0.1, 0.15) is 11.1 Å². The number of rotatable bonds is 4. The van der Waals surface area contributed by atoms with Crippen molar-refractivity contribution >= 4 is 21.8 Å². The van der Waals surface area contributed by atoms with Gasteiger partial charge >= 0.3 is 0 Å². The molecule has 2 N–H and O–H groups in total. The molecule has 5 heteroatoms. The van der Waals surface area contributed by atoms with Crippen LogP contribution in [0.5, 0.6) is 0 Å². The Balaban J connectivity index is 1.85. The SMILES string of the molecule is O=C(Cc1cccc(Br)c1)NCc1cn[nH]c1. The highest BCUT2D eigenvalue weighted by atomic mass is 79.9. The monoisotopic (exact) mass is 293 g/mol. The normalized spacial score (nSPS) is 10.2. The van der Waals surface area contributed by atoms with Gasteiger partial charge in [0.1, 0.15) is 0 Å². The molecule has 0 saturated heterocycles. The van der Waals surface area contributed by atoms with Gasteiger partial charge in [0.05, 0.1) is 12.6 Å². The number of nitrogens with one attached hydrogen (secondary N) is 2. The summed E-state index contributed by atoms with van der Waals surface area (Å²) in [5.41, 5.74) is 1.96. The molecule has 1 aromatic heterocycles. The predicted molar refractivity (Wildman–Crippen MR) is 68.3 cm³/mol. The van der Waals surface area contributed by atoms with Gasteiger partial charge in [0.25, 0.3) is 0 Å². The number of hydrogen-bond acceptors (Lipinski definition) is 2. The van der Waals surface area contributed by atoms with Gasteiger partial charge in [-0.2, -0.15) is 5.10 Å². The van der Waals surface area contributed by atoms with Gasteiger partial charge in [-0.25, -0.2) is 0 Å². The van der Waals surface area contributed by atoms with E-state index in [0.717, 1.165) is 15.6 Å². The summed E-state index contributed by atoms with van der Waals surface area (Å²) in [6.45, 7) is 0.503. The Morgan fingerprint density at radius 2 is 2.29 bits per heavy atom. The van der Waals surface area contributed by atoms with Crippen LogP contribution in [0.4, 0.5) is 0 Å². The molecule has 4 nitrogen and oxygen atoms in total. The van der Waals surface area contributed by atoms with Gasteiger partial charge in [0.15, 0.2) is 0 Å². The second-order valence-corrected chi connectivity index (χ2v) is 4.61. The number of hydrogen-bond donors (Lipinski definition) is 2. The van der Waals surface area contributed by atoms with E-state index in [2.05, 4.69) is 31.4 Å². The van der Waals surface area contributed by atoms with E-state index in [0.29, 0.717) is 13.0 Å². The third-order valence-electron chi connectivity index (χ3n) is 2.30. The van der Waals surface area contributed by atoms with Gasteiger partial charge in [0, 0.05) is 22.8 Å². The summed E-state index contributed by atoms with van der Waals surface area (Å²) in [4.78, 5) is 11.7. The first kappa shape index (κ1) is 11.9. The topological polar surface area (TPSA) is 57.8 Å². The zero-order valence-electron chi connectivity index (χ0n) is 9.11. The summed E-state index contributed by atoms with van der Waals surface area (Å²) in [5, 5.41) is 9.36. The molecule has 0 unspecified atom stereocenters. The number of benzene rings is 1. The maximum absolute atomic E-state index is 11.7. The maximum atomic E-state index is 11.7. The molecular weight excluding hydrogens is 282 g/mol. The van der Waals surface area contributed by atoms with E-state index in [1.807, 2.05) is 24.3 Å². The lowest BCUT2D eigenvalue weighted by Crippen LogP contribution is -2.24. The fourth-order valence-corrected chi connectivity index (χ4v) is 1.92. The number of amides is 1. The molecule has 0 aliphatic carbocycles. The average Bonchev–Trinajstić information content (AvgIpc) is 2.79. The van der Waals surface area contributed by atoms with Crippen molar-refractivity contribution in [3.8, 4) is 0 Å². The van der Waals surface area contributed by atoms with Crippen molar-refractivity contribution in [2.75, 3.05) is 0 Å². The Kier molecular flexibility index (Phi) is 3.93.